The van der Waals surface area contributed by atoms with E-state index in [2.05, 4.69) is 0 Å². The molecule has 0 atom stereocenters. The molecule has 1 aliphatic rings. The number of halogens is 1. The first-order valence-electron chi connectivity index (χ1n) is 6.91. The van der Waals surface area contributed by atoms with Crippen molar-refractivity contribution in [3.05, 3.63) is 22.4 Å². The van der Waals surface area contributed by atoms with E-state index in [1.54, 1.807) is 11.0 Å². The minimum Gasteiger partial charge on any atom is -0.335 e. The summed E-state index contributed by atoms with van der Waals surface area (Å²) < 4.78 is 25.8. The van der Waals surface area contributed by atoms with E-state index >= 15 is 0 Å². The summed E-state index contributed by atoms with van der Waals surface area (Å²) in [6.45, 7) is 1.65. The highest BCUT2D eigenvalue weighted by molar-refractivity contribution is 7.89. The minimum absolute atomic E-state index is 0.0100. The lowest BCUT2D eigenvalue weighted by atomic mass is 10.3. The van der Waals surface area contributed by atoms with Crippen LogP contribution in [0.4, 0.5) is 0 Å². The summed E-state index contributed by atoms with van der Waals surface area (Å²) in [5.74, 6) is 0.612. The maximum Gasteiger partial charge on any atom is 0.264 e. The first kappa shape index (κ1) is 16.7. The molecule has 0 saturated carbocycles. The molecule has 0 N–H and O–H groups in total. The normalized spacial score (nSPS) is 17.1. The highest BCUT2D eigenvalue weighted by Gasteiger charge is 2.28. The SMILES string of the molecule is O=C(c1cccs1)N1CCN(S(=O)(=O)CCCCCl)CC1. The Labute approximate surface area is 134 Å². The highest BCUT2D eigenvalue weighted by atomic mass is 35.5. The zero-order valence-electron chi connectivity index (χ0n) is 11.7. The van der Waals surface area contributed by atoms with E-state index in [9.17, 15) is 13.2 Å². The molecule has 0 aliphatic carbocycles. The second-order valence-electron chi connectivity index (χ2n) is 4.88. The second-order valence-corrected chi connectivity index (χ2v) is 8.29. The van der Waals surface area contributed by atoms with Gasteiger partial charge in [0.2, 0.25) is 10.0 Å². The van der Waals surface area contributed by atoms with Gasteiger partial charge in [-0.05, 0) is 24.3 Å². The molecule has 2 rings (SSSR count). The standard InChI is InChI=1S/C13H19ClN2O3S2/c14-5-1-2-11-21(18,19)16-8-6-15(7-9-16)13(17)12-4-3-10-20-12/h3-4,10H,1-2,5-9,11H2. The fourth-order valence-corrected chi connectivity index (χ4v) is 4.66. The Hall–Kier alpha value is -0.630. The Morgan fingerprint density at radius 2 is 1.95 bits per heavy atom. The lowest BCUT2D eigenvalue weighted by molar-refractivity contribution is 0.0703. The summed E-state index contributed by atoms with van der Waals surface area (Å²) in [5, 5.41) is 1.87. The second kappa shape index (κ2) is 7.58. The predicted molar refractivity (Wildman–Crippen MR) is 85.5 cm³/mol. The van der Waals surface area contributed by atoms with E-state index in [1.165, 1.54) is 15.6 Å². The molecular formula is C13H19ClN2O3S2. The van der Waals surface area contributed by atoms with Crippen molar-refractivity contribution >= 4 is 38.9 Å². The number of rotatable bonds is 6. The molecule has 21 heavy (non-hydrogen) atoms. The lowest BCUT2D eigenvalue weighted by Crippen LogP contribution is -2.50. The van der Waals surface area contributed by atoms with Crippen molar-refractivity contribution in [2.24, 2.45) is 0 Å². The van der Waals surface area contributed by atoms with Crippen molar-refractivity contribution in [1.29, 1.82) is 0 Å². The van der Waals surface area contributed by atoms with Gasteiger partial charge >= 0.3 is 0 Å². The van der Waals surface area contributed by atoms with Crippen LogP contribution in [0.1, 0.15) is 22.5 Å². The monoisotopic (exact) mass is 350 g/mol. The first-order valence-corrected chi connectivity index (χ1v) is 9.93. The number of thiophene rings is 1. The molecule has 0 aromatic carbocycles. The van der Waals surface area contributed by atoms with E-state index < -0.39 is 10.0 Å². The molecule has 0 radical (unpaired) electrons. The summed E-state index contributed by atoms with van der Waals surface area (Å²) in [6.07, 6.45) is 1.29. The minimum atomic E-state index is -3.22. The van der Waals surface area contributed by atoms with Crippen LogP contribution in [0.5, 0.6) is 0 Å². The van der Waals surface area contributed by atoms with Crippen molar-refractivity contribution in [1.82, 2.24) is 9.21 Å². The number of carbonyl (C=O) groups excluding carboxylic acids is 1. The third kappa shape index (κ3) is 4.42. The quantitative estimate of drug-likeness (QED) is 0.581. The fraction of sp³-hybridized carbons (Fsp3) is 0.615. The molecule has 5 nitrogen and oxygen atoms in total. The van der Waals surface area contributed by atoms with Crippen LogP contribution in [0.2, 0.25) is 0 Å². The Kier molecular flexibility index (Phi) is 6.04. The van der Waals surface area contributed by atoms with E-state index in [-0.39, 0.29) is 11.7 Å². The molecule has 8 heteroatoms. The molecule has 0 spiro atoms. The van der Waals surface area contributed by atoms with E-state index in [0.717, 1.165) is 0 Å². The van der Waals surface area contributed by atoms with Crippen molar-refractivity contribution in [2.45, 2.75) is 12.8 Å². The van der Waals surface area contributed by atoms with E-state index in [1.807, 2.05) is 11.4 Å². The molecule has 118 valence electrons. The Morgan fingerprint density at radius 1 is 1.24 bits per heavy atom. The number of unbranched alkanes of at least 4 members (excludes halogenated alkanes) is 1. The largest absolute Gasteiger partial charge is 0.335 e. The number of sulfonamides is 1. The molecule has 0 unspecified atom stereocenters. The summed E-state index contributed by atoms with van der Waals surface area (Å²) >= 11 is 6.98. The lowest BCUT2D eigenvalue weighted by Gasteiger charge is -2.33. The van der Waals surface area contributed by atoms with Gasteiger partial charge in [0, 0.05) is 32.1 Å². The molecule has 1 aliphatic heterocycles. The van der Waals surface area contributed by atoms with Crippen molar-refractivity contribution in [3.8, 4) is 0 Å². The number of hydrogen-bond donors (Lipinski definition) is 0. The maximum atomic E-state index is 12.2. The third-order valence-electron chi connectivity index (χ3n) is 3.44. The van der Waals surface area contributed by atoms with Gasteiger partial charge < -0.3 is 4.90 Å². The number of hydrogen-bond acceptors (Lipinski definition) is 4. The van der Waals surface area contributed by atoms with Gasteiger partial charge in [0.15, 0.2) is 0 Å². The molecule has 1 aromatic rings. The Bertz CT molecular complexity index is 552. The summed E-state index contributed by atoms with van der Waals surface area (Å²) in [7, 11) is -3.22. The van der Waals surface area contributed by atoms with Gasteiger partial charge in [-0.25, -0.2) is 8.42 Å². The molecule has 1 saturated heterocycles. The van der Waals surface area contributed by atoms with Gasteiger partial charge in [-0.3, -0.25) is 4.79 Å². The maximum absolute atomic E-state index is 12.2. The highest BCUT2D eigenvalue weighted by Crippen LogP contribution is 2.15. The van der Waals surface area contributed by atoms with Crippen LogP contribution in [0.25, 0.3) is 0 Å². The van der Waals surface area contributed by atoms with Crippen LogP contribution in [-0.2, 0) is 10.0 Å². The first-order chi connectivity index (χ1) is 10.0. The molecule has 1 fully saturated rings. The molecule has 2 heterocycles. The van der Waals surface area contributed by atoms with Gasteiger partial charge in [-0.2, -0.15) is 4.31 Å². The molecule has 0 bridgehead atoms. The smallest absolute Gasteiger partial charge is 0.264 e. The van der Waals surface area contributed by atoms with Crippen LogP contribution < -0.4 is 0 Å². The van der Waals surface area contributed by atoms with Crippen molar-refractivity contribution < 1.29 is 13.2 Å². The summed E-state index contributed by atoms with van der Waals surface area (Å²) in [6, 6.07) is 3.64. The zero-order chi connectivity index (χ0) is 15.3. The van der Waals surface area contributed by atoms with Gasteiger partial charge in [0.1, 0.15) is 0 Å². The van der Waals surface area contributed by atoms with E-state index in [0.29, 0.717) is 49.8 Å². The predicted octanol–water partition coefficient (Wildman–Crippen LogP) is 1.85. The Morgan fingerprint density at radius 3 is 2.52 bits per heavy atom. The van der Waals surface area contributed by atoms with Crippen LogP contribution in [0.3, 0.4) is 0 Å². The number of carbonyl (C=O) groups is 1. The van der Waals surface area contributed by atoms with Crippen LogP contribution in [0.15, 0.2) is 17.5 Å². The Balaban J connectivity index is 1.87. The topological polar surface area (TPSA) is 57.7 Å². The number of nitrogens with zero attached hydrogens (tertiary/aromatic N) is 2. The third-order valence-corrected chi connectivity index (χ3v) is 6.52. The van der Waals surface area contributed by atoms with E-state index in [4.69, 9.17) is 11.6 Å². The average Bonchev–Trinajstić information content (AvgIpc) is 3.01. The molecule has 1 amide bonds. The van der Waals surface area contributed by atoms with Gasteiger partial charge in [-0.1, -0.05) is 6.07 Å². The summed E-state index contributed by atoms with van der Waals surface area (Å²) in [4.78, 5) is 14.6. The molecular weight excluding hydrogens is 332 g/mol. The van der Waals surface area contributed by atoms with Crippen LogP contribution >= 0.6 is 22.9 Å². The van der Waals surface area contributed by atoms with Crippen molar-refractivity contribution in [3.63, 3.8) is 0 Å². The van der Waals surface area contributed by atoms with Gasteiger partial charge in [0.25, 0.3) is 5.91 Å². The summed E-state index contributed by atoms with van der Waals surface area (Å²) in [5.41, 5.74) is 0. The average molecular weight is 351 g/mol. The zero-order valence-corrected chi connectivity index (χ0v) is 14.1. The van der Waals surface area contributed by atoms with Crippen LogP contribution in [-0.4, -0.2) is 61.3 Å². The van der Waals surface area contributed by atoms with Gasteiger partial charge in [0.05, 0.1) is 10.6 Å². The number of amides is 1. The van der Waals surface area contributed by atoms with Crippen LogP contribution in [0, 0.1) is 0 Å². The number of piperazine rings is 1. The van der Waals surface area contributed by atoms with Gasteiger partial charge in [-0.15, -0.1) is 22.9 Å². The van der Waals surface area contributed by atoms with Crippen molar-refractivity contribution in [2.75, 3.05) is 37.8 Å². The molecule has 1 aromatic heterocycles. The number of alkyl halides is 1. The fourth-order valence-electron chi connectivity index (χ4n) is 2.23.